The lowest BCUT2D eigenvalue weighted by Crippen LogP contribution is -2.52. The van der Waals surface area contributed by atoms with E-state index in [1.165, 1.54) is 0 Å². The normalized spacial score (nSPS) is 25.0. The Bertz CT molecular complexity index is 868. The van der Waals surface area contributed by atoms with Crippen molar-refractivity contribution >= 4 is 23.5 Å². The third-order valence-corrected chi connectivity index (χ3v) is 5.56. The van der Waals surface area contributed by atoms with E-state index in [-0.39, 0.29) is 18.4 Å². The molecule has 0 bridgehead atoms. The molecule has 1 amide bonds. The molecule has 0 spiro atoms. The van der Waals surface area contributed by atoms with Crippen LogP contribution in [0.5, 0.6) is 0 Å². The second kappa shape index (κ2) is 7.94. The van der Waals surface area contributed by atoms with Crippen molar-refractivity contribution in [3.05, 3.63) is 70.7 Å². The lowest BCUT2D eigenvalue weighted by molar-refractivity contribution is -0.179. The Morgan fingerprint density at radius 3 is 2.46 bits per heavy atom. The van der Waals surface area contributed by atoms with E-state index in [0.717, 1.165) is 24.0 Å². The van der Waals surface area contributed by atoms with Gasteiger partial charge < -0.3 is 14.7 Å². The zero-order valence-corrected chi connectivity index (χ0v) is 16.1. The summed E-state index contributed by atoms with van der Waals surface area (Å²) < 4.78 is 6.12. The molecule has 28 heavy (non-hydrogen) atoms. The second-order valence-corrected chi connectivity index (χ2v) is 7.92. The highest BCUT2D eigenvalue weighted by Crippen LogP contribution is 2.45. The second-order valence-electron chi connectivity index (χ2n) is 7.49. The molecule has 1 saturated heterocycles. The minimum Gasteiger partial charge on any atom is -0.481 e. The van der Waals surface area contributed by atoms with Crippen molar-refractivity contribution in [2.24, 2.45) is 5.92 Å². The van der Waals surface area contributed by atoms with E-state index in [4.69, 9.17) is 16.3 Å². The summed E-state index contributed by atoms with van der Waals surface area (Å²) >= 11 is 6.21. The van der Waals surface area contributed by atoms with Gasteiger partial charge in [-0.05, 0) is 42.0 Å². The van der Waals surface area contributed by atoms with Gasteiger partial charge in [-0.15, -0.1) is 0 Å². The zero-order chi connectivity index (χ0) is 19.7. The molecule has 2 aliphatic rings. The van der Waals surface area contributed by atoms with E-state index in [2.05, 4.69) is 0 Å². The number of ether oxygens (including phenoxy) is 1. The summed E-state index contributed by atoms with van der Waals surface area (Å²) in [6.45, 7) is 0.620. The molecule has 1 heterocycles. The molecule has 2 aromatic carbocycles. The van der Waals surface area contributed by atoms with Crippen LogP contribution in [0.25, 0.3) is 0 Å². The van der Waals surface area contributed by atoms with Crippen molar-refractivity contribution in [1.29, 1.82) is 0 Å². The van der Waals surface area contributed by atoms with Crippen molar-refractivity contribution < 1.29 is 19.4 Å². The molecule has 1 N–H and O–H groups in total. The van der Waals surface area contributed by atoms with E-state index in [1.807, 2.05) is 53.4 Å². The summed E-state index contributed by atoms with van der Waals surface area (Å²) in [7, 11) is 0. The van der Waals surface area contributed by atoms with Gasteiger partial charge in [0, 0.05) is 11.6 Å². The van der Waals surface area contributed by atoms with Crippen LogP contribution in [0.4, 0.5) is 0 Å². The Morgan fingerprint density at radius 2 is 1.82 bits per heavy atom. The molecule has 0 aromatic heterocycles. The van der Waals surface area contributed by atoms with Crippen LogP contribution in [-0.4, -0.2) is 34.5 Å². The van der Waals surface area contributed by atoms with Gasteiger partial charge in [-0.25, -0.2) is 0 Å². The van der Waals surface area contributed by atoms with Gasteiger partial charge in [0.05, 0.1) is 12.5 Å². The highest BCUT2D eigenvalue weighted by Gasteiger charge is 2.46. The molecule has 146 valence electrons. The molecule has 3 atom stereocenters. The fourth-order valence-corrected chi connectivity index (χ4v) is 4.02. The highest BCUT2D eigenvalue weighted by molar-refractivity contribution is 6.30. The topological polar surface area (TPSA) is 66.8 Å². The molecular formula is C22H22ClNO4. The van der Waals surface area contributed by atoms with Crippen molar-refractivity contribution in [2.45, 2.75) is 37.5 Å². The van der Waals surface area contributed by atoms with Gasteiger partial charge in [0.2, 0.25) is 0 Å². The fourth-order valence-electron chi connectivity index (χ4n) is 3.82. The van der Waals surface area contributed by atoms with Crippen LogP contribution in [0.3, 0.4) is 0 Å². The van der Waals surface area contributed by atoms with E-state index < -0.39 is 18.2 Å². The van der Waals surface area contributed by atoms with Crippen LogP contribution >= 0.6 is 11.6 Å². The minimum atomic E-state index is -1.05. The molecule has 1 saturated carbocycles. The number of benzene rings is 2. The summed E-state index contributed by atoms with van der Waals surface area (Å²) in [4.78, 5) is 26.3. The number of carboxylic acid groups (broad SMARTS) is 1. The van der Waals surface area contributed by atoms with Gasteiger partial charge in [-0.1, -0.05) is 54.1 Å². The third kappa shape index (κ3) is 4.05. The first-order valence-electron chi connectivity index (χ1n) is 9.51. The lowest BCUT2D eigenvalue weighted by Gasteiger charge is -2.44. The van der Waals surface area contributed by atoms with Gasteiger partial charge in [0.15, 0.2) is 0 Å². The van der Waals surface area contributed by atoms with Crippen molar-refractivity contribution in [1.82, 2.24) is 4.90 Å². The molecule has 2 aromatic rings. The van der Waals surface area contributed by atoms with Crippen molar-refractivity contribution in [3.8, 4) is 0 Å². The Hall–Kier alpha value is -2.37. The van der Waals surface area contributed by atoms with Gasteiger partial charge in [-0.2, -0.15) is 0 Å². The van der Waals surface area contributed by atoms with E-state index in [9.17, 15) is 14.7 Å². The number of amides is 1. The Balaban J connectivity index is 1.78. The van der Waals surface area contributed by atoms with Crippen LogP contribution in [0.1, 0.15) is 42.5 Å². The van der Waals surface area contributed by atoms with Crippen LogP contribution < -0.4 is 0 Å². The number of nitrogens with zero attached hydrogens (tertiary/aromatic N) is 1. The number of rotatable bonds is 6. The van der Waals surface area contributed by atoms with Gasteiger partial charge in [0.1, 0.15) is 12.2 Å². The zero-order valence-electron chi connectivity index (χ0n) is 15.3. The quantitative estimate of drug-likeness (QED) is 0.789. The number of hydrogen-bond donors (Lipinski definition) is 1. The maximum atomic E-state index is 13.2. The number of aliphatic carboxylic acids is 1. The van der Waals surface area contributed by atoms with E-state index >= 15 is 0 Å². The molecular weight excluding hydrogens is 378 g/mol. The number of carbonyl (C=O) groups is 2. The maximum absolute atomic E-state index is 13.2. The van der Waals surface area contributed by atoms with Crippen LogP contribution in [0.15, 0.2) is 54.6 Å². The number of hydrogen-bond acceptors (Lipinski definition) is 3. The Labute approximate surface area is 168 Å². The Kier molecular flexibility index (Phi) is 5.38. The van der Waals surface area contributed by atoms with Crippen molar-refractivity contribution in [2.75, 3.05) is 6.54 Å². The van der Waals surface area contributed by atoms with Gasteiger partial charge in [0.25, 0.3) is 5.91 Å². The smallest absolute Gasteiger partial charge is 0.306 e. The predicted molar refractivity (Wildman–Crippen MR) is 105 cm³/mol. The number of halogens is 1. The number of carbonyl (C=O) groups excluding carboxylic acids is 1. The average Bonchev–Trinajstić information content (AvgIpc) is 3.49. The third-order valence-electron chi connectivity index (χ3n) is 5.32. The van der Waals surface area contributed by atoms with Gasteiger partial charge in [-0.3, -0.25) is 9.59 Å². The molecule has 6 heteroatoms. The largest absolute Gasteiger partial charge is 0.481 e. The first-order valence-corrected chi connectivity index (χ1v) is 9.89. The number of carboxylic acids is 1. The maximum Gasteiger partial charge on any atom is 0.306 e. The molecule has 0 radical (unpaired) electrons. The van der Waals surface area contributed by atoms with Crippen LogP contribution in [0.2, 0.25) is 5.02 Å². The lowest BCUT2D eigenvalue weighted by atomic mass is 9.91. The molecule has 1 aliphatic carbocycles. The summed E-state index contributed by atoms with van der Waals surface area (Å²) in [5.74, 6) is -0.826. The molecule has 4 rings (SSSR count). The number of morpholine rings is 1. The van der Waals surface area contributed by atoms with Crippen molar-refractivity contribution in [3.63, 3.8) is 0 Å². The van der Waals surface area contributed by atoms with Crippen LogP contribution in [0, 0.1) is 5.92 Å². The summed E-state index contributed by atoms with van der Waals surface area (Å²) in [5.41, 5.74) is 1.81. The summed E-state index contributed by atoms with van der Waals surface area (Å²) in [6.07, 6.45) is 0.357. The van der Waals surface area contributed by atoms with E-state index in [1.54, 1.807) is 6.07 Å². The SMILES string of the molecule is O=C(O)C[C@H]1O[C@H](c2cccc(Cl)c2)C(c2ccccc2)N(CC2CC2)C1=O. The predicted octanol–water partition coefficient (Wildman–Crippen LogP) is 4.23. The molecule has 1 unspecified atom stereocenters. The first kappa shape index (κ1) is 19.0. The standard InChI is InChI=1S/C22H22ClNO4/c23-17-8-4-7-16(11-17)21-20(15-5-2-1-3-6-15)24(13-14-9-10-14)22(27)18(28-21)12-19(25)26/h1-8,11,14,18,20-21H,9-10,12-13H2,(H,25,26)/t18-,20?,21-/m1/s1. The molecule has 2 fully saturated rings. The van der Waals surface area contributed by atoms with Gasteiger partial charge >= 0.3 is 5.97 Å². The Morgan fingerprint density at radius 1 is 1.11 bits per heavy atom. The van der Waals surface area contributed by atoms with E-state index in [0.29, 0.717) is 17.5 Å². The van der Waals surface area contributed by atoms with Crippen LogP contribution in [-0.2, 0) is 14.3 Å². The highest BCUT2D eigenvalue weighted by atomic mass is 35.5. The molecule has 5 nitrogen and oxygen atoms in total. The summed E-state index contributed by atoms with van der Waals surface area (Å²) in [5, 5.41) is 9.85. The fraction of sp³-hybridized carbons (Fsp3) is 0.364. The average molecular weight is 400 g/mol. The monoisotopic (exact) mass is 399 g/mol. The molecule has 1 aliphatic heterocycles. The minimum absolute atomic E-state index is 0.249. The summed E-state index contributed by atoms with van der Waals surface area (Å²) in [6, 6.07) is 16.8. The first-order chi connectivity index (χ1) is 13.5.